The number of alkyl halides is 3. The van der Waals surface area contributed by atoms with Crippen molar-refractivity contribution in [3.8, 4) is 0 Å². The molecule has 21 heavy (non-hydrogen) atoms. The molecule has 0 spiro atoms. The van der Waals surface area contributed by atoms with Crippen LogP contribution in [0, 0.1) is 5.95 Å². The Morgan fingerprint density at radius 3 is 2.62 bits per heavy atom. The lowest BCUT2D eigenvalue weighted by molar-refractivity contribution is -0.137. The fourth-order valence-corrected chi connectivity index (χ4v) is 2.20. The summed E-state index contributed by atoms with van der Waals surface area (Å²) < 4.78 is 51.6. The smallest absolute Gasteiger partial charge is 0.324 e. The molecular formula is C13H11F4N3S. The van der Waals surface area contributed by atoms with Crippen LogP contribution in [0.3, 0.4) is 0 Å². The van der Waals surface area contributed by atoms with Gasteiger partial charge in [-0.15, -0.1) is 0 Å². The van der Waals surface area contributed by atoms with E-state index in [0.29, 0.717) is 11.3 Å². The summed E-state index contributed by atoms with van der Waals surface area (Å²) in [5, 5.41) is 2.58. The Bertz CT molecular complexity index is 631. The molecule has 0 bridgehead atoms. The van der Waals surface area contributed by atoms with Gasteiger partial charge in [0.2, 0.25) is 11.9 Å². The first kappa shape index (κ1) is 15.6. The summed E-state index contributed by atoms with van der Waals surface area (Å²) in [6.45, 7) is 0. The average molecular weight is 317 g/mol. The van der Waals surface area contributed by atoms with Crippen molar-refractivity contribution in [3.63, 3.8) is 0 Å². The third-order valence-corrected chi connectivity index (χ3v) is 3.13. The fraction of sp³-hybridized carbons (Fsp3) is 0.231. The predicted molar refractivity (Wildman–Crippen MR) is 73.9 cm³/mol. The number of hydrogen-bond donors (Lipinski definition) is 1. The quantitative estimate of drug-likeness (QED) is 0.676. The summed E-state index contributed by atoms with van der Waals surface area (Å²) in [6, 6.07) is 4.64. The Kier molecular flexibility index (Phi) is 4.66. The molecule has 0 aliphatic carbocycles. The van der Waals surface area contributed by atoms with E-state index in [1.165, 1.54) is 18.0 Å². The third-order valence-electron chi connectivity index (χ3n) is 2.51. The van der Waals surface area contributed by atoms with Gasteiger partial charge in [0, 0.05) is 23.7 Å². The highest BCUT2D eigenvalue weighted by Gasteiger charge is 2.31. The minimum Gasteiger partial charge on any atom is -0.324 e. The highest BCUT2D eigenvalue weighted by atomic mass is 32.2. The van der Waals surface area contributed by atoms with Gasteiger partial charge in [0.25, 0.3) is 0 Å². The molecule has 0 atom stereocenters. The minimum absolute atomic E-state index is 0.0931. The molecule has 0 fully saturated rings. The van der Waals surface area contributed by atoms with Crippen LogP contribution in [0.1, 0.15) is 11.1 Å². The molecule has 1 heterocycles. The number of anilines is 2. The van der Waals surface area contributed by atoms with Gasteiger partial charge in [-0.25, -0.2) is 4.98 Å². The van der Waals surface area contributed by atoms with Gasteiger partial charge < -0.3 is 5.32 Å². The highest BCUT2D eigenvalue weighted by Crippen LogP contribution is 2.33. The Morgan fingerprint density at radius 1 is 1.24 bits per heavy atom. The fourth-order valence-electron chi connectivity index (χ4n) is 1.70. The number of halogens is 4. The molecule has 0 aliphatic heterocycles. The van der Waals surface area contributed by atoms with Crippen LogP contribution in [0.5, 0.6) is 0 Å². The predicted octanol–water partition coefficient (Wildman–Crippen LogP) is 4.24. The Balaban J connectivity index is 2.35. The second kappa shape index (κ2) is 6.30. The van der Waals surface area contributed by atoms with Crippen LogP contribution in [0.25, 0.3) is 0 Å². The van der Waals surface area contributed by atoms with E-state index in [0.717, 1.165) is 18.2 Å². The third kappa shape index (κ3) is 4.32. The first-order chi connectivity index (χ1) is 9.88. The maximum Gasteiger partial charge on any atom is 0.416 e. The first-order valence-corrected chi connectivity index (χ1v) is 7.23. The number of hydrogen-bond acceptors (Lipinski definition) is 4. The van der Waals surface area contributed by atoms with Crippen LogP contribution < -0.4 is 5.32 Å². The van der Waals surface area contributed by atoms with E-state index >= 15 is 0 Å². The van der Waals surface area contributed by atoms with Crippen molar-refractivity contribution in [1.29, 1.82) is 0 Å². The molecule has 3 nitrogen and oxygen atoms in total. The van der Waals surface area contributed by atoms with Gasteiger partial charge in [-0.2, -0.15) is 34.3 Å². The summed E-state index contributed by atoms with van der Waals surface area (Å²) in [5.41, 5.74) is -0.0938. The van der Waals surface area contributed by atoms with Crippen LogP contribution in [-0.4, -0.2) is 16.2 Å². The molecule has 1 N–H and O–H groups in total. The topological polar surface area (TPSA) is 37.8 Å². The lowest BCUT2D eigenvalue weighted by atomic mass is 10.1. The normalized spacial score (nSPS) is 11.5. The van der Waals surface area contributed by atoms with Crippen molar-refractivity contribution in [2.75, 3.05) is 11.6 Å². The molecule has 2 rings (SSSR count). The van der Waals surface area contributed by atoms with E-state index in [9.17, 15) is 17.6 Å². The van der Waals surface area contributed by atoms with E-state index in [4.69, 9.17) is 0 Å². The molecule has 0 saturated carbocycles. The molecule has 0 radical (unpaired) electrons. The molecule has 0 unspecified atom stereocenters. The van der Waals surface area contributed by atoms with Crippen LogP contribution in [-0.2, 0) is 11.9 Å². The number of thioether (sulfide) groups is 1. The average Bonchev–Trinajstić information content (AvgIpc) is 2.37. The molecule has 1 aromatic heterocycles. The monoisotopic (exact) mass is 317 g/mol. The van der Waals surface area contributed by atoms with Crippen LogP contribution >= 0.6 is 11.8 Å². The molecule has 0 amide bonds. The van der Waals surface area contributed by atoms with E-state index in [2.05, 4.69) is 15.3 Å². The van der Waals surface area contributed by atoms with E-state index in [1.807, 2.05) is 0 Å². The summed E-state index contributed by atoms with van der Waals surface area (Å²) in [6.07, 6.45) is -1.47. The second-order valence-electron chi connectivity index (χ2n) is 4.18. The standard InChI is InChI=1S/C13H11F4N3S/c1-21-7-8-4-9(13(15,16)17)6-10(5-8)19-12-18-3-2-11(14)20-12/h2-6H,7H2,1H3,(H,18,19,20). The zero-order chi connectivity index (χ0) is 15.5. The zero-order valence-corrected chi connectivity index (χ0v) is 11.7. The number of aromatic nitrogens is 2. The van der Waals surface area contributed by atoms with Crippen molar-refractivity contribution in [1.82, 2.24) is 9.97 Å². The van der Waals surface area contributed by atoms with Gasteiger partial charge in [0.15, 0.2) is 0 Å². The molecule has 0 aliphatic rings. The van der Waals surface area contributed by atoms with Crippen molar-refractivity contribution in [2.45, 2.75) is 11.9 Å². The molecule has 0 saturated heterocycles. The van der Waals surface area contributed by atoms with E-state index < -0.39 is 17.7 Å². The maximum absolute atomic E-state index is 13.0. The van der Waals surface area contributed by atoms with Crippen molar-refractivity contribution in [2.24, 2.45) is 0 Å². The zero-order valence-electron chi connectivity index (χ0n) is 10.9. The number of benzene rings is 1. The number of nitrogens with zero attached hydrogens (tertiary/aromatic N) is 2. The van der Waals surface area contributed by atoms with Gasteiger partial charge in [-0.1, -0.05) is 0 Å². The first-order valence-electron chi connectivity index (χ1n) is 5.84. The van der Waals surface area contributed by atoms with Gasteiger partial charge in [0.1, 0.15) is 0 Å². The molecule has 112 valence electrons. The summed E-state index contributed by atoms with van der Waals surface area (Å²) in [5.74, 6) is -0.420. The molecule has 8 heteroatoms. The summed E-state index contributed by atoms with van der Waals surface area (Å²) in [7, 11) is 0. The van der Waals surface area contributed by atoms with Gasteiger partial charge in [-0.3, -0.25) is 0 Å². The van der Waals surface area contributed by atoms with Crippen LogP contribution in [0.15, 0.2) is 30.5 Å². The van der Waals surface area contributed by atoms with Crippen LogP contribution in [0.2, 0.25) is 0 Å². The Morgan fingerprint density at radius 2 is 2.00 bits per heavy atom. The van der Waals surface area contributed by atoms with Crippen LogP contribution in [0.4, 0.5) is 29.2 Å². The number of rotatable bonds is 4. The molecule has 1 aromatic carbocycles. The second-order valence-corrected chi connectivity index (χ2v) is 5.04. The molecule has 2 aromatic rings. The number of nitrogens with one attached hydrogen (secondary N) is 1. The SMILES string of the molecule is CSCc1cc(Nc2nccc(F)n2)cc(C(F)(F)F)c1. The minimum atomic E-state index is -4.45. The summed E-state index contributed by atoms with van der Waals surface area (Å²) >= 11 is 1.41. The molecular weight excluding hydrogens is 306 g/mol. The van der Waals surface area contributed by atoms with Crippen molar-refractivity contribution in [3.05, 3.63) is 47.5 Å². The highest BCUT2D eigenvalue weighted by molar-refractivity contribution is 7.97. The lowest BCUT2D eigenvalue weighted by Crippen LogP contribution is -2.07. The van der Waals surface area contributed by atoms with Crippen molar-refractivity contribution < 1.29 is 17.6 Å². The van der Waals surface area contributed by atoms with Gasteiger partial charge in [0.05, 0.1) is 5.56 Å². The van der Waals surface area contributed by atoms with Gasteiger partial charge >= 0.3 is 6.18 Å². The largest absolute Gasteiger partial charge is 0.416 e. The summed E-state index contributed by atoms with van der Waals surface area (Å²) in [4.78, 5) is 7.21. The lowest BCUT2D eigenvalue weighted by Gasteiger charge is -2.12. The van der Waals surface area contributed by atoms with E-state index in [1.54, 1.807) is 12.3 Å². The Hall–Kier alpha value is -1.83. The van der Waals surface area contributed by atoms with E-state index in [-0.39, 0.29) is 11.6 Å². The maximum atomic E-state index is 13.0. The van der Waals surface area contributed by atoms with Crippen molar-refractivity contribution >= 4 is 23.4 Å². The van der Waals surface area contributed by atoms with Gasteiger partial charge in [-0.05, 0) is 30.0 Å². The Labute approximate surface area is 122 Å².